The highest BCUT2D eigenvalue weighted by Gasteiger charge is 2.16. The molecule has 0 saturated carbocycles. The van der Waals surface area contributed by atoms with E-state index in [4.69, 9.17) is 16.4 Å². The van der Waals surface area contributed by atoms with Crippen molar-refractivity contribution in [1.29, 1.82) is 0 Å². The van der Waals surface area contributed by atoms with Gasteiger partial charge in [0.1, 0.15) is 12.3 Å². The van der Waals surface area contributed by atoms with Crippen LogP contribution in [0.3, 0.4) is 0 Å². The topological polar surface area (TPSA) is 120 Å². The van der Waals surface area contributed by atoms with Crippen molar-refractivity contribution in [2.24, 2.45) is 17.5 Å². The summed E-state index contributed by atoms with van der Waals surface area (Å²) in [5, 5.41) is 3.59. The third-order valence-electron chi connectivity index (χ3n) is 4.37. The molecule has 2 heterocycles. The molecular weight excluding hydrogens is 344 g/mol. The standard InChI is InChI=1S/C11H18N4O.C6H13N.C2H5NO/c1-8(2)11(7-16)15(13)6-9(12)10-4-3-5-14-10;1-6-4-3-5-7(6)2;1-3-2-4/h3-8,11,14H,12-13H2,1-2H3;6H,3-5H2,1-2H3;2H,1H3,(H,3,4)/b9-6-;;. The summed E-state index contributed by atoms with van der Waals surface area (Å²) < 4.78 is 0. The summed E-state index contributed by atoms with van der Waals surface area (Å²) in [5.74, 6) is 5.90. The van der Waals surface area contributed by atoms with E-state index in [1.54, 1.807) is 19.4 Å². The van der Waals surface area contributed by atoms with E-state index in [1.165, 1.54) is 24.4 Å². The molecule has 2 atom stereocenters. The van der Waals surface area contributed by atoms with E-state index in [2.05, 4.69) is 29.2 Å². The van der Waals surface area contributed by atoms with Gasteiger partial charge in [-0.2, -0.15) is 0 Å². The minimum Gasteiger partial charge on any atom is -0.396 e. The predicted molar refractivity (Wildman–Crippen MR) is 110 cm³/mol. The SMILES string of the molecule is CC(C)C(C=O)N(N)/C=C(\N)c1ccc[nH]1.CC1CCCN1C.CNC=O. The van der Waals surface area contributed by atoms with E-state index in [0.717, 1.165) is 18.0 Å². The highest BCUT2D eigenvalue weighted by molar-refractivity contribution is 5.62. The second kappa shape index (κ2) is 13.8. The average Bonchev–Trinajstić information content (AvgIpc) is 3.28. The van der Waals surface area contributed by atoms with Gasteiger partial charge in [0.05, 0.1) is 11.4 Å². The first-order valence-corrected chi connectivity index (χ1v) is 9.18. The van der Waals surface area contributed by atoms with Crippen LogP contribution in [0.4, 0.5) is 0 Å². The summed E-state index contributed by atoms with van der Waals surface area (Å²) in [4.78, 5) is 25.3. The zero-order valence-electron chi connectivity index (χ0n) is 17.2. The molecule has 1 aromatic heterocycles. The Hall–Kier alpha value is -2.32. The van der Waals surface area contributed by atoms with Crippen molar-refractivity contribution in [2.45, 2.75) is 45.7 Å². The Morgan fingerprint density at radius 1 is 1.44 bits per heavy atom. The van der Waals surface area contributed by atoms with Gasteiger partial charge in [0.25, 0.3) is 0 Å². The molecule has 1 fully saturated rings. The zero-order chi connectivity index (χ0) is 20.8. The van der Waals surface area contributed by atoms with Crippen LogP contribution in [0, 0.1) is 5.92 Å². The number of nitrogens with one attached hydrogen (secondary N) is 2. The Morgan fingerprint density at radius 3 is 2.37 bits per heavy atom. The van der Waals surface area contributed by atoms with Crippen molar-refractivity contribution in [3.63, 3.8) is 0 Å². The van der Waals surface area contributed by atoms with Crippen LogP contribution in [0.15, 0.2) is 24.5 Å². The molecule has 0 radical (unpaired) electrons. The number of nitrogens with two attached hydrogens (primary N) is 2. The van der Waals surface area contributed by atoms with Crippen LogP contribution in [-0.4, -0.2) is 60.3 Å². The molecule has 0 spiro atoms. The number of H-pyrrole nitrogens is 1. The lowest BCUT2D eigenvalue weighted by Crippen LogP contribution is -2.41. The van der Waals surface area contributed by atoms with Gasteiger partial charge in [-0.3, -0.25) is 4.79 Å². The number of aromatic nitrogens is 1. The number of hydrogen-bond donors (Lipinski definition) is 4. The van der Waals surface area contributed by atoms with Gasteiger partial charge in [0.2, 0.25) is 6.41 Å². The van der Waals surface area contributed by atoms with E-state index in [-0.39, 0.29) is 12.0 Å². The normalized spacial score (nSPS) is 17.9. The maximum atomic E-state index is 10.9. The van der Waals surface area contributed by atoms with Gasteiger partial charge in [-0.05, 0) is 51.4 Å². The lowest BCUT2D eigenvalue weighted by molar-refractivity contribution is -0.113. The maximum Gasteiger partial charge on any atom is 0.206 e. The number of carbonyl (C=O) groups excluding carboxylic acids is 2. The van der Waals surface area contributed by atoms with Crippen molar-refractivity contribution in [3.05, 3.63) is 30.2 Å². The fourth-order valence-electron chi connectivity index (χ4n) is 2.47. The summed E-state index contributed by atoms with van der Waals surface area (Å²) in [6.07, 6.45) is 7.58. The summed E-state index contributed by atoms with van der Waals surface area (Å²) in [5.41, 5.74) is 7.11. The maximum absolute atomic E-state index is 10.9. The summed E-state index contributed by atoms with van der Waals surface area (Å²) in [7, 11) is 3.75. The van der Waals surface area contributed by atoms with Gasteiger partial charge in [-0.25, -0.2) is 5.84 Å². The number of hydrogen-bond acceptors (Lipinski definition) is 6. The molecule has 27 heavy (non-hydrogen) atoms. The summed E-state index contributed by atoms with van der Waals surface area (Å²) in [6.45, 7) is 7.45. The van der Waals surface area contributed by atoms with E-state index in [9.17, 15) is 4.79 Å². The predicted octanol–water partition coefficient (Wildman–Crippen LogP) is 1.13. The number of carbonyl (C=O) groups is 2. The van der Waals surface area contributed by atoms with Crippen LogP contribution in [-0.2, 0) is 9.59 Å². The van der Waals surface area contributed by atoms with Crippen LogP contribution >= 0.6 is 0 Å². The zero-order valence-corrected chi connectivity index (χ0v) is 17.2. The van der Waals surface area contributed by atoms with Gasteiger partial charge in [-0.15, -0.1) is 0 Å². The third-order valence-corrected chi connectivity index (χ3v) is 4.37. The molecule has 8 heteroatoms. The van der Waals surface area contributed by atoms with Gasteiger partial charge < -0.3 is 30.7 Å². The first-order chi connectivity index (χ1) is 12.8. The number of nitrogens with zero attached hydrogens (tertiary/aromatic N) is 2. The Kier molecular flexibility index (Phi) is 12.6. The van der Waals surface area contributed by atoms with Crippen LogP contribution in [0.1, 0.15) is 39.3 Å². The number of likely N-dealkylation sites (tertiary alicyclic amines) is 1. The van der Waals surface area contributed by atoms with Crippen molar-refractivity contribution >= 4 is 18.4 Å². The quantitative estimate of drug-likeness (QED) is 0.334. The molecule has 0 bridgehead atoms. The lowest BCUT2D eigenvalue weighted by Gasteiger charge is -2.24. The Morgan fingerprint density at radius 2 is 2.07 bits per heavy atom. The van der Waals surface area contributed by atoms with Crippen LogP contribution in [0.2, 0.25) is 0 Å². The molecular formula is C19H36N6O2. The third kappa shape index (κ3) is 9.81. The van der Waals surface area contributed by atoms with Crippen molar-refractivity contribution in [1.82, 2.24) is 20.2 Å². The van der Waals surface area contributed by atoms with Crippen LogP contribution in [0.25, 0.3) is 5.70 Å². The van der Waals surface area contributed by atoms with Gasteiger partial charge >= 0.3 is 0 Å². The minimum absolute atomic E-state index is 0.134. The smallest absolute Gasteiger partial charge is 0.206 e. The molecule has 1 aliphatic heterocycles. The second-order valence-corrected chi connectivity index (χ2v) is 6.86. The Labute approximate surface area is 162 Å². The molecule has 8 nitrogen and oxygen atoms in total. The fourth-order valence-corrected chi connectivity index (χ4v) is 2.47. The van der Waals surface area contributed by atoms with Crippen LogP contribution in [0.5, 0.6) is 0 Å². The monoisotopic (exact) mass is 380 g/mol. The first-order valence-electron chi connectivity index (χ1n) is 9.18. The van der Waals surface area contributed by atoms with Gasteiger partial charge in [-0.1, -0.05) is 13.8 Å². The minimum atomic E-state index is -0.367. The van der Waals surface area contributed by atoms with Crippen molar-refractivity contribution < 1.29 is 9.59 Å². The molecule has 0 aliphatic carbocycles. The molecule has 0 aromatic carbocycles. The molecule has 1 saturated heterocycles. The highest BCUT2D eigenvalue weighted by Crippen LogP contribution is 2.12. The molecule has 1 amide bonds. The molecule has 1 aliphatic rings. The molecule has 154 valence electrons. The van der Waals surface area contributed by atoms with E-state index in [0.29, 0.717) is 12.1 Å². The summed E-state index contributed by atoms with van der Waals surface area (Å²) in [6, 6.07) is 4.16. The van der Waals surface area contributed by atoms with E-state index < -0.39 is 0 Å². The molecule has 1 aromatic rings. The van der Waals surface area contributed by atoms with Crippen molar-refractivity contribution in [2.75, 3.05) is 20.6 Å². The second-order valence-electron chi connectivity index (χ2n) is 6.86. The van der Waals surface area contributed by atoms with Crippen molar-refractivity contribution in [3.8, 4) is 0 Å². The first kappa shape index (κ1) is 24.7. The lowest BCUT2D eigenvalue weighted by atomic mass is 10.1. The molecule has 2 rings (SSSR count). The molecule has 2 unspecified atom stereocenters. The number of rotatable bonds is 6. The summed E-state index contributed by atoms with van der Waals surface area (Å²) >= 11 is 0. The Balaban J connectivity index is 0.000000503. The van der Waals surface area contributed by atoms with Crippen LogP contribution < -0.4 is 16.9 Å². The van der Waals surface area contributed by atoms with E-state index >= 15 is 0 Å². The van der Waals surface area contributed by atoms with E-state index in [1.807, 2.05) is 26.0 Å². The van der Waals surface area contributed by atoms with Gasteiger partial charge in [0.15, 0.2) is 0 Å². The molecule has 6 N–H and O–H groups in total. The highest BCUT2D eigenvalue weighted by atomic mass is 16.1. The number of hydrazine groups is 1. The average molecular weight is 381 g/mol. The fraction of sp³-hybridized carbons (Fsp3) is 0.579. The number of amides is 1. The Bertz CT molecular complexity index is 536. The largest absolute Gasteiger partial charge is 0.396 e. The number of aromatic amines is 1. The van der Waals surface area contributed by atoms with Gasteiger partial charge in [0, 0.05) is 25.5 Å². The number of aldehydes is 1.